The monoisotopic (exact) mass is 1610 g/mol. The maximum Gasteiger partial charge on any atom is 0.253 e. The first kappa shape index (κ1) is 96.1. The van der Waals surface area contributed by atoms with Crippen LogP contribution in [-0.2, 0) is 118 Å². The third kappa shape index (κ3) is 34.1. The maximum atomic E-state index is 15.0. The topological polar surface area (TPSA) is 323 Å². The lowest BCUT2D eigenvalue weighted by atomic mass is 9.85. The largest absolute Gasteiger partial charge is 0.379 e. The normalized spacial score (nSPS) is 18.5. The van der Waals surface area contributed by atoms with Crippen molar-refractivity contribution in [2.45, 2.75) is 193 Å². The van der Waals surface area contributed by atoms with Crippen molar-refractivity contribution in [3.05, 3.63) is 77.9 Å². The summed E-state index contributed by atoms with van der Waals surface area (Å²) in [5.74, 6) is -4.39. The molecule has 642 valence electrons. The Hall–Kier alpha value is -6.71. The molecule has 11 atom stereocenters. The van der Waals surface area contributed by atoms with Crippen molar-refractivity contribution in [3.8, 4) is 0 Å². The predicted octanol–water partition coefficient (Wildman–Crippen LogP) is 7.36. The van der Waals surface area contributed by atoms with Gasteiger partial charge in [-0.05, 0) is 98.8 Å². The average Bonchev–Trinajstić information content (AvgIpc) is 1.60. The maximum absolute atomic E-state index is 15.0. The summed E-state index contributed by atoms with van der Waals surface area (Å²) < 4.78 is 73.7. The molecule has 2 aromatic carbocycles. The molecular formula is C85H135N7O22. The number of carbonyl (C=O) groups excluding carboxylic acids is 9. The van der Waals surface area contributed by atoms with Crippen LogP contribution in [0.15, 0.2) is 66.7 Å². The van der Waals surface area contributed by atoms with Crippen LogP contribution in [-0.4, -0.2) is 295 Å². The molecule has 3 aliphatic heterocycles. The molecule has 3 N–H and O–H groups in total. The van der Waals surface area contributed by atoms with Gasteiger partial charge in [-0.3, -0.25) is 48.1 Å². The van der Waals surface area contributed by atoms with Gasteiger partial charge in [0, 0.05) is 96.1 Å². The van der Waals surface area contributed by atoms with Crippen molar-refractivity contribution in [2.75, 3.05) is 185 Å². The number of hydrogen-bond acceptors (Lipinski definition) is 22. The second-order valence-corrected chi connectivity index (χ2v) is 30.1. The first-order valence-electron chi connectivity index (χ1n) is 41.7. The van der Waals surface area contributed by atoms with Gasteiger partial charge in [0.15, 0.2) is 0 Å². The zero-order chi connectivity index (χ0) is 82.2. The Bertz CT molecular complexity index is 3130. The minimum Gasteiger partial charge on any atom is -0.379 e. The lowest BCUT2D eigenvalue weighted by Gasteiger charge is -2.41. The molecule has 114 heavy (non-hydrogen) atoms. The lowest BCUT2D eigenvalue weighted by Crippen LogP contribution is -2.60. The Kier molecular flexibility index (Phi) is 47.1. The molecule has 6 rings (SSSR count). The van der Waals surface area contributed by atoms with Gasteiger partial charge in [0.25, 0.3) is 11.8 Å². The van der Waals surface area contributed by atoms with Gasteiger partial charge >= 0.3 is 0 Å². The minimum absolute atomic E-state index is 0.0482. The van der Waals surface area contributed by atoms with Crippen LogP contribution in [0.4, 0.5) is 5.69 Å². The first-order chi connectivity index (χ1) is 55.3. The standard InChI is InChI=1S/C85H135N7O22/c1-10-12-35-104-37-39-106-41-43-108-45-47-110-49-51-112-53-55-114-56-54-113-52-50-111-48-46-109-44-42-107-40-38-105-36-32-77(97)92-70-29-26-67(58-70)81(92)84(100)88-79(62(3)4)85(101)89(7)80(63(5)11-2)73(102-8)60-78(98)90-34-19-22-71(90)82(103-9)64(6)72(93)59-68(57-65-20-15-13-16-21-65)83(99)87-69-27-24-66(25-28-69)61-86-74(94)23-17-14-18-33-91-75(95)30-31-76(91)96/h13,15-16,20-21,24-25,27-28,30-31,62-64,67-68,70-71,73,79-82H,10-12,14,17-19,22-23,26,29,32-61H2,1-9H3,(H,86,94)(H,87,99)(H,88,100)/t63-,64-,67-,68+,70-,71-,73+,79-,80-,81-,82+/m0/s1. The summed E-state index contributed by atoms with van der Waals surface area (Å²) in [5.41, 5.74) is 2.23. The average molecular weight is 1610 g/mol. The van der Waals surface area contributed by atoms with Gasteiger partial charge in [-0.15, -0.1) is 0 Å². The Balaban J connectivity index is 0.863. The smallest absolute Gasteiger partial charge is 0.253 e. The number of nitrogens with zero attached hydrogens (tertiary/aromatic N) is 4. The number of likely N-dealkylation sites (N-methyl/N-ethyl adjacent to an activating group) is 1. The van der Waals surface area contributed by atoms with Crippen molar-refractivity contribution in [1.29, 1.82) is 0 Å². The van der Waals surface area contributed by atoms with E-state index in [-0.39, 0.29) is 116 Å². The van der Waals surface area contributed by atoms with Crippen molar-refractivity contribution < 1.29 is 105 Å². The summed E-state index contributed by atoms with van der Waals surface area (Å²) >= 11 is 0. The zero-order valence-electron chi connectivity index (χ0n) is 69.5. The molecule has 29 nitrogen and oxygen atoms in total. The number of anilines is 1. The third-order valence-corrected chi connectivity index (χ3v) is 21.6. The summed E-state index contributed by atoms with van der Waals surface area (Å²) in [6, 6.07) is 13.8. The SMILES string of the molecule is CCCCOCCOCCOCCOCCOCCOCCOCCOCCOCCOCCOCCC(=O)N1[C@H]2CC[C@@H](C2)[C@H]1C(=O)N[C@H](C(=O)N(C)[C@@H]([C@@H](C)CC)[C@@H](CC(=O)N1CCC[C@H]1[C@H](OC)[C@@H](C)C(=O)C[C@@H](Cc1ccccc1)C(=O)Nc1ccc(CNC(=O)CCCCCN2C(=O)C=CC2=O)cc1)OC)C(C)C. The molecule has 0 radical (unpaired) electrons. The third-order valence-electron chi connectivity index (χ3n) is 21.6. The van der Waals surface area contributed by atoms with Crippen molar-refractivity contribution in [2.24, 2.45) is 29.6 Å². The van der Waals surface area contributed by atoms with Crippen LogP contribution in [0.1, 0.15) is 149 Å². The van der Waals surface area contributed by atoms with E-state index in [1.54, 1.807) is 40.8 Å². The fourth-order valence-corrected chi connectivity index (χ4v) is 15.0. The minimum atomic E-state index is -0.954. The van der Waals surface area contributed by atoms with Gasteiger partial charge in [0.1, 0.15) is 17.9 Å². The fourth-order valence-electron chi connectivity index (χ4n) is 15.0. The molecular weight excluding hydrogens is 1470 g/mol. The molecule has 2 aromatic rings. The van der Waals surface area contributed by atoms with E-state index in [1.165, 1.54) is 31.3 Å². The van der Waals surface area contributed by atoms with Gasteiger partial charge in [-0.25, -0.2) is 0 Å². The number of fused-ring (bicyclic) bond motifs is 2. The van der Waals surface area contributed by atoms with Gasteiger partial charge in [0.2, 0.25) is 35.4 Å². The van der Waals surface area contributed by atoms with Crippen LogP contribution < -0.4 is 16.0 Å². The zero-order valence-corrected chi connectivity index (χ0v) is 69.5. The Labute approximate surface area is 676 Å². The van der Waals surface area contributed by atoms with Gasteiger partial charge in [-0.2, -0.15) is 0 Å². The highest BCUT2D eigenvalue weighted by atomic mass is 16.6. The number of rotatable bonds is 65. The highest BCUT2D eigenvalue weighted by Crippen LogP contribution is 2.43. The number of piperidine rings is 1. The molecule has 2 bridgehead atoms. The second-order valence-electron chi connectivity index (χ2n) is 30.1. The molecule has 0 aromatic heterocycles. The summed E-state index contributed by atoms with van der Waals surface area (Å²) in [6.45, 7) is 22.7. The molecule has 0 unspecified atom stereocenters. The van der Waals surface area contributed by atoms with Crippen LogP contribution in [0.3, 0.4) is 0 Å². The summed E-state index contributed by atoms with van der Waals surface area (Å²) in [7, 11) is 4.77. The van der Waals surface area contributed by atoms with Gasteiger partial charge < -0.3 is 92.2 Å². The van der Waals surface area contributed by atoms with E-state index < -0.39 is 48.2 Å². The van der Waals surface area contributed by atoms with E-state index in [9.17, 15) is 43.2 Å². The Morgan fingerprint density at radius 1 is 0.570 bits per heavy atom. The second kappa shape index (κ2) is 55.8. The van der Waals surface area contributed by atoms with Crippen LogP contribution >= 0.6 is 0 Å². The highest BCUT2D eigenvalue weighted by Gasteiger charge is 2.52. The lowest BCUT2D eigenvalue weighted by molar-refractivity contribution is -0.149. The molecule has 2 saturated heterocycles. The number of carbonyl (C=O) groups is 9. The number of ketones is 1. The number of Topliss-reactive ketones (excluding diaryl/α,β-unsaturated/α-hetero) is 1. The van der Waals surface area contributed by atoms with E-state index in [2.05, 4.69) is 22.9 Å². The number of benzene rings is 2. The summed E-state index contributed by atoms with van der Waals surface area (Å²) in [5, 5.41) is 9.04. The first-order valence-corrected chi connectivity index (χ1v) is 41.7. The number of hydrogen-bond donors (Lipinski definition) is 3. The molecule has 0 spiro atoms. The molecule has 1 aliphatic carbocycles. The molecule has 3 heterocycles. The van der Waals surface area contributed by atoms with Crippen LogP contribution in [0.2, 0.25) is 0 Å². The number of amides is 8. The van der Waals surface area contributed by atoms with Crippen LogP contribution in [0, 0.1) is 29.6 Å². The van der Waals surface area contributed by atoms with Crippen LogP contribution in [0.25, 0.3) is 0 Å². The van der Waals surface area contributed by atoms with E-state index in [0.29, 0.717) is 202 Å². The molecule has 4 aliphatic rings. The van der Waals surface area contributed by atoms with Gasteiger partial charge in [0.05, 0.1) is 176 Å². The summed E-state index contributed by atoms with van der Waals surface area (Å²) in [6.07, 6.45) is 9.84. The van der Waals surface area contributed by atoms with Crippen molar-refractivity contribution in [1.82, 2.24) is 30.2 Å². The summed E-state index contributed by atoms with van der Waals surface area (Å²) in [4.78, 5) is 130. The van der Waals surface area contributed by atoms with Gasteiger partial charge in [-0.1, -0.05) is 103 Å². The number of methoxy groups -OCH3 is 2. The fraction of sp³-hybridized carbons (Fsp3) is 0.729. The highest BCUT2D eigenvalue weighted by molar-refractivity contribution is 6.12. The van der Waals surface area contributed by atoms with E-state index in [0.717, 1.165) is 43.4 Å². The number of likely N-dealkylation sites (tertiary alicyclic amines) is 2. The predicted molar refractivity (Wildman–Crippen MR) is 428 cm³/mol. The van der Waals surface area contributed by atoms with E-state index in [1.807, 2.05) is 70.2 Å². The molecule has 1 saturated carbocycles. The number of unbranched alkanes of at least 4 members (excludes halogenated alkanes) is 3. The number of ether oxygens (including phenoxy) is 13. The molecule has 29 heteroatoms. The molecule has 3 fully saturated rings. The number of nitrogens with one attached hydrogen (secondary N) is 3. The van der Waals surface area contributed by atoms with Crippen LogP contribution in [0.5, 0.6) is 0 Å². The van der Waals surface area contributed by atoms with Crippen molar-refractivity contribution >= 4 is 58.7 Å². The quantitative estimate of drug-likeness (QED) is 0.0430. The number of imide groups is 1. The van der Waals surface area contributed by atoms with Crippen molar-refractivity contribution in [3.63, 3.8) is 0 Å². The van der Waals surface area contributed by atoms with E-state index in [4.69, 9.17) is 61.6 Å². The molecule has 8 amide bonds. The Morgan fingerprint density at radius 2 is 1.11 bits per heavy atom. The Morgan fingerprint density at radius 3 is 1.61 bits per heavy atom. The van der Waals surface area contributed by atoms with E-state index >= 15 is 0 Å².